The molecule has 1 aromatic heterocycles. The van der Waals surface area contributed by atoms with E-state index in [1.807, 2.05) is 17.0 Å². The molecule has 0 aliphatic heterocycles. The zero-order valence-electron chi connectivity index (χ0n) is 12.7. The number of hydrogen-bond acceptors (Lipinski definition) is 0. The van der Waals surface area contributed by atoms with Gasteiger partial charge in [0, 0.05) is 0 Å². The minimum atomic E-state index is 1.14. The summed E-state index contributed by atoms with van der Waals surface area (Å²) in [5.41, 5.74) is 0. The van der Waals surface area contributed by atoms with Crippen molar-refractivity contribution in [3.63, 3.8) is 0 Å². The fraction of sp³-hybridized carbons (Fsp3) is 0.706. The van der Waals surface area contributed by atoms with Crippen LogP contribution in [0, 0.1) is 0 Å². The normalized spacial score (nSPS) is 10.8. The lowest BCUT2D eigenvalue weighted by atomic mass is 10.1. The largest absolute Gasteiger partial charge is 0.248 e. The van der Waals surface area contributed by atoms with Crippen molar-refractivity contribution in [2.75, 3.05) is 0 Å². The second-order valence-electron chi connectivity index (χ2n) is 5.46. The van der Waals surface area contributed by atoms with Crippen LogP contribution in [0.25, 0.3) is 6.20 Å². The Bertz CT molecular complexity index is 328. The molecule has 0 aliphatic carbocycles. The maximum Gasteiger partial charge on any atom is 0.248 e. The highest BCUT2D eigenvalue weighted by Crippen LogP contribution is 2.10. The molecule has 0 spiro atoms. The summed E-state index contributed by atoms with van der Waals surface area (Å²) >= 11 is 0. The van der Waals surface area contributed by atoms with Crippen LogP contribution >= 0.6 is 0 Å². The van der Waals surface area contributed by atoms with Gasteiger partial charge in [-0.15, -0.1) is 0 Å². The van der Waals surface area contributed by atoms with Crippen molar-refractivity contribution in [3.05, 3.63) is 25.3 Å². The van der Waals surface area contributed by atoms with Gasteiger partial charge >= 0.3 is 0 Å². The second kappa shape index (κ2) is 10.8. The fourth-order valence-electron chi connectivity index (χ4n) is 2.43. The molecule has 2 nitrogen and oxygen atoms in total. The smallest absolute Gasteiger partial charge is 0.236 e. The molecule has 108 valence electrons. The van der Waals surface area contributed by atoms with Crippen LogP contribution in [0.1, 0.15) is 71.1 Å². The zero-order valence-corrected chi connectivity index (χ0v) is 12.7. The summed E-state index contributed by atoms with van der Waals surface area (Å²) in [6.07, 6.45) is 22.1. The van der Waals surface area contributed by atoms with E-state index >= 15 is 0 Å². The van der Waals surface area contributed by atoms with Crippen molar-refractivity contribution in [2.24, 2.45) is 0 Å². The summed E-state index contributed by atoms with van der Waals surface area (Å²) in [7, 11) is 0. The Morgan fingerprint density at radius 2 is 1.53 bits per heavy atom. The summed E-state index contributed by atoms with van der Waals surface area (Å²) in [6.45, 7) is 7.17. The van der Waals surface area contributed by atoms with E-state index in [9.17, 15) is 0 Å². The van der Waals surface area contributed by atoms with E-state index in [2.05, 4.69) is 30.6 Å². The highest BCUT2D eigenvalue weighted by molar-refractivity contribution is 4.94. The van der Waals surface area contributed by atoms with E-state index in [1.165, 1.54) is 64.2 Å². The molecule has 0 unspecified atom stereocenters. The molecule has 19 heavy (non-hydrogen) atoms. The molecular weight excluding hydrogens is 232 g/mol. The fourth-order valence-corrected chi connectivity index (χ4v) is 2.43. The molecule has 1 heterocycles. The van der Waals surface area contributed by atoms with Crippen molar-refractivity contribution in [3.8, 4) is 0 Å². The first-order valence-corrected chi connectivity index (χ1v) is 8.06. The van der Waals surface area contributed by atoms with Crippen molar-refractivity contribution in [1.29, 1.82) is 0 Å². The van der Waals surface area contributed by atoms with Gasteiger partial charge in [0.15, 0.2) is 0 Å². The van der Waals surface area contributed by atoms with Crippen molar-refractivity contribution in [2.45, 2.75) is 77.7 Å². The Labute approximate surface area is 119 Å². The first-order chi connectivity index (χ1) is 9.36. The second-order valence-corrected chi connectivity index (χ2v) is 5.46. The third kappa shape index (κ3) is 7.86. The van der Waals surface area contributed by atoms with E-state index in [4.69, 9.17) is 0 Å². The van der Waals surface area contributed by atoms with Crippen LogP contribution in [0.5, 0.6) is 0 Å². The van der Waals surface area contributed by atoms with Crippen LogP contribution in [0.3, 0.4) is 0 Å². The molecule has 0 saturated carbocycles. The summed E-state index contributed by atoms with van der Waals surface area (Å²) in [6, 6.07) is 0. The number of aromatic nitrogens is 2. The molecule has 0 atom stereocenters. The monoisotopic (exact) mass is 263 g/mol. The van der Waals surface area contributed by atoms with Gasteiger partial charge in [-0.25, -0.2) is 9.13 Å². The SMILES string of the molecule is C=C[n+]1ccn(CCCCCCCCCCCC)c1. The maximum absolute atomic E-state index is 3.75. The van der Waals surface area contributed by atoms with Gasteiger partial charge in [0.1, 0.15) is 12.4 Å². The van der Waals surface area contributed by atoms with Crippen LogP contribution in [-0.2, 0) is 6.54 Å². The average Bonchev–Trinajstić information content (AvgIpc) is 2.89. The lowest BCUT2D eigenvalue weighted by Crippen LogP contribution is -2.21. The maximum atomic E-state index is 3.75. The molecule has 2 heteroatoms. The Balaban J connectivity index is 1.87. The molecule has 0 aromatic carbocycles. The zero-order chi connectivity index (χ0) is 13.8. The molecule has 0 bridgehead atoms. The van der Waals surface area contributed by atoms with Gasteiger partial charge in [0.05, 0.1) is 12.7 Å². The Morgan fingerprint density at radius 1 is 0.947 bits per heavy atom. The van der Waals surface area contributed by atoms with Gasteiger partial charge in [-0.05, 0) is 12.8 Å². The molecule has 1 rings (SSSR count). The minimum Gasteiger partial charge on any atom is -0.236 e. The third-order valence-corrected chi connectivity index (χ3v) is 3.69. The third-order valence-electron chi connectivity index (χ3n) is 3.69. The van der Waals surface area contributed by atoms with Gasteiger partial charge < -0.3 is 0 Å². The van der Waals surface area contributed by atoms with Gasteiger partial charge in [-0.1, -0.05) is 64.9 Å². The summed E-state index contributed by atoms with van der Waals surface area (Å²) in [5.74, 6) is 0. The molecule has 1 aromatic rings. The predicted molar refractivity (Wildman–Crippen MR) is 82.9 cm³/mol. The first-order valence-electron chi connectivity index (χ1n) is 8.06. The summed E-state index contributed by atoms with van der Waals surface area (Å²) < 4.78 is 4.24. The van der Waals surface area contributed by atoms with E-state index in [1.54, 1.807) is 0 Å². The number of imidazole rings is 1. The van der Waals surface area contributed by atoms with E-state index < -0.39 is 0 Å². The molecule has 0 aliphatic rings. The van der Waals surface area contributed by atoms with Crippen LogP contribution in [0.15, 0.2) is 25.3 Å². The van der Waals surface area contributed by atoms with Crippen molar-refractivity contribution >= 4 is 6.20 Å². The standard InChI is InChI=1S/C17H31N2/c1-3-5-6-7-8-9-10-11-12-13-14-19-16-15-18(4-2)17-19/h4,15-17H,2-3,5-14H2,1H3/q+1. The number of rotatable bonds is 12. The topological polar surface area (TPSA) is 8.81 Å². The van der Waals surface area contributed by atoms with Crippen LogP contribution in [0.2, 0.25) is 0 Å². The lowest BCUT2D eigenvalue weighted by molar-refractivity contribution is -0.567. The number of nitrogens with zero attached hydrogens (tertiary/aromatic N) is 2. The lowest BCUT2D eigenvalue weighted by Gasteiger charge is -2.01. The Morgan fingerprint density at radius 3 is 2.05 bits per heavy atom. The van der Waals surface area contributed by atoms with Gasteiger partial charge in [0.25, 0.3) is 0 Å². The molecular formula is C17H31N2+. The number of unbranched alkanes of at least 4 members (excludes halogenated alkanes) is 9. The number of hydrogen-bond donors (Lipinski definition) is 0. The molecule has 0 amide bonds. The van der Waals surface area contributed by atoms with Crippen molar-refractivity contribution in [1.82, 2.24) is 4.57 Å². The molecule has 0 radical (unpaired) electrons. The highest BCUT2D eigenvalue weighted by atomic mass is 15.1. The van der Waals surface area contributed by atoms with Gasteiger partial charge in [0.2, 0.25) is 6.33 Å². The first kappa shape index (κ1) is 16.0. The van der Waals surface area contributed by atoms with E-state index in [-0.39, 0.29) is 0 Å². The Hall–Kier alpha value is -1.05. The highest BCUT2D eigenvalue weighted by Gasteiger charge is 2.00. The van der Waals surface area contributed by atoms with Crippen LogP contribution in [-0.4, -0.2) is 4.57 Å². The summed E-state index contributed by atoms with van der Waals surface area (Å²) in [5, 5.41) is 0. The van der Waals surface area contributed by atoms with Gasteiger partial charge in [-0.2, -0.15) is 0 Å². The van der Waals surface area contributed by atoms with Crippen LogP contribution < -0.4 is 4.57 Å². The quantitative estimate of drug-likeness (QED) is 0.378. The van der Waals surface area contributed by atoms with Gasteiger partial charge in [-0.3, -0.25) is 0 Å². The Kier molecular flexibility index (Phi) is 9.13. The predicted octanol–water partition coefficient (Wildman–Crippen LogP) is 4.80. The molecule has 0 saturated heterocycles. The molecule has 0 N–H and O–H groups in total. The molecule has 0 fully saturated rings. The van der Waals surface area contributed by atoms with Crippen LogP contribution in [0.4, 0.5) is 0 Å². The summed E-state index contributed by atoms with van der Waals surface area (Å²) in [4.78, 5) is 0. The minimum absolute atomic E-state index is 1.14. The van der Waals surface area contributed by atoms with E-state index in [0.29, 0.717) is 0 Å². The average molecular weight is 263 g/mol. The van der Waals surface area contributed by atoms with Crippen molar-refractivity contribution < 1.29 is 4.57 Å². The van der Waals surface area contributed by atoms with E-state index in [0.717, 1.165) is 6.54 Å². The number of aryl methyl sites for hydroxylation is 1.